The molecule has 0 unspecified atom stereocenters. The summed E-state index contributed by atoms with van der Waals surface area (Å²) in [6.45, 7) is 5.23. The van der Waals surface area contributed by atoms with E-state index in [1.807, 2.05) is 13.8 Å². The molecule has 76 valence electrons. The molecule has 2 amide bonds. The highest BCUT2D eigenvalue weighted by molar-refractivity contribution is 5.83. The fourth-order valence-corrected chi connectivity index (χ4v) is 0.736. The molecule has 0 heterocycles. The van der Waals surface area contributed by atoms with Crippen molar-refractivity contribution in [2.45, 2.75) is 32.9 Å². The summed E-state index contributed by atoms with van der Waals surface area (Å²) in [6.07, 6.45) is 0. The molecule has 0 aliphatic carbocycles. The van der Waals surface area contributed by atoms with Gasteiger partial charge in [-0.25, -0.2) is 9.59 Å². The number of urea groups is 1. The van der Waals surface area contributed by atoms with Crippen molar-refractivity contribution in [3.05, 3.63) is 0 Å². The summed E-state index contributed by atoms with van der Waals surface area (Å²) < 4.78 is 4.44. The van der Waals surface area contributed by atoms with Gasteiger partial charge in [-0.1, -0.05) is 0 Å². The molecule has 5 nitrogen and oxygen atoms in total. The van der Waals surface area contributed by atoms with Gasteiger partial charge in [0.05, 0.1) is 7.11 Å². The van der Waals surface area contributed by atoms with E-state index in [2.05, 4.69) is 15.4 Å². The Labute approximate surface area is 77.8 Å². The molecule has 0 aromatic rings. The van der Waals surface area contributed by atoms with Crippen LogP contribution in [0.15, 0.2) is 0 Å². The highest BCUT2D eigenvalue weighted by atomic mass is 16.5. The monoisotopic (exact) mass is 188 g/mol. The van der Waals surface area contributed by atoms with E-state index in [0.29, 0.717) is 0 Å². The molecular formula is C8H16N2O3. The Bertz CT molecular complexity index is 192. The summed E-state index contributed by atoms with van der Waals surface area (Å²) in [7, 11) is 1.28. The highest BCUT2D eigenvalue weighted by Gasteiger charge is 2.15. The van der Waals surface area contributed by atoms with Gasteiger partial charge < -0.3 is 15.4 Å². The van der Waals surface area contributed by atoms with E-state index in [0.717, 1.165) is 0 Å². The first kappa shape index (κ1) is 11.7. The first-order valence-corrected chi connectivity index (χ1v) is 4.12. The molecule has 0 aliphatic rings. The van der Waals surface area contributed by atoms with Gasteiger partial charge in [-0.3, -0.25) is 0 Å². The second-order valence-electron chi connectivity index (χ2n) is 3.02. The number of esters is 1. The van der Waals surface area contributed by atoms with Gasteiger partial charge in [0.25, 0.3) is 0 Å². The lowest BCUT2D eigenvalue weighted by molar-refractivity contribution is -0.142. The molecule has 5 heteroatoms. The van der Waals surface area contributed by atoms with E-state index in [-0.39, 0.29) is 12.1 Å². The van der Waals surface area contributed by atoms with Crippen molar-refractivity contribution in [2.24, 2.45) is 0 Å². The van der Waals surface area contributed by atoms with Crippen molar-refractivity contribution in [3.8, 4) is 0 Å². The van der Waals surface area contributed by atoms with Crippen LogP contribution in [0.1, 0.15) is 20.8 Å². The Balaban J connectivity index is 3.85. The van der Waals surface area contributed by atoms with Crippen LogP contribution in [-0.2, 0) is 9.53 Å². The van der Waals surface area contributed by atoms with Gasteiger partial charge in [-0.15, -0.1) is 0 Å². The Hall–Kier alpha value is -1.26. The summed E-state index contributed by atoms with van der Waals surface area (Å²) in [6, 6.07) is -0.943. The maximum atomic E-state index is 11.1. The predicted molar refractivity (Wildman–Crippen MR) is 48.3 cm³/mol. The molecule has 0 radical (unpaired) electrons. The van der Waals surface area contributed by atoms with Crippen LogP contribution in [0, 0.1) is 0 Å². The van der Waals surface area contributed by atoms with Crippen molar-refractivity contribution < 1.29 is 14.3 Å². The van der Waals surface area contributed by atoms with E-state index in [9.17, 15) is 9.59 Å². The fraction of sp³-hybridized carbons (Fsp3) is 0.750. The lowest BCUT2D eigenvalue weighted by Crippen LogP contribution is -2.46. The van der Waals surface area contributed by atoms with Crippen molar-refractivity contribution in [1.29, 1.82) is 0 Å². The number of hydrogen-bond acceptors (Lipinski definition) is 3. The molecule has 0 rings (SSSR count). The van der Waals surface area contributed by atoms with Crippen LogP contribution in [0.2, 0.25) is 0 Å². The van der Waals surface area contributed by atoms with Crippen molar-refractivity contribution in [3.63, 3.8) is 0 Å². The van der Waals surface area contributed by atoms with E-state index in [1.165, 1.54) is 7.11 Å². The third-order valence-electron chi connectivity index (χ3n) is 1.32. The average molecular weight is 188 g/mol. The largest absolute Gasteiger partial charge is 0.467 e. The minimum Gasteiger partial charge on any atom is -0.467 e. The van der Waals surface area contributed by atoms with Crippen LogP contribution in [0.3, 0.4) is 0 Å². The number of ether oxygens (including phenoxy) is 1. The summed E-state index contributed by atoms with van der Waals surface area (Å²) in [5.74, 6) is -0.459. The number of carbonyl (C=O) groups excluding carboxylic acids is 2. The molecule has 0 spiro atoms. The van der Waals surface area contributed by atoms with E-state index in [4.69, 9.17) is 0 Å². The molecule has 0 aromatic heterocycles. The normalized spacial score (nSPS) is 12.1. The third-order valence-corrected chi connectivity index (χ3v) is 1.32. The first-order chi connectivity index (χ1) is 5.97. The van der Waals surface area contributed by atoms with Crippen LogP contribution in [0.25, 0.3) is 0 Å². The molecule has 1 atom stereocenters. The van der Waals surface area contributed by atoms with Crippen LogP contribution >= 0.6 is 0 Å². The number of methoxy groups -OCH3 is 1. The highest BCUT2D eigenvalue weighted by Crippen LogP contribution is 1.86. The zero-order chi connectivity index (χ0) is 10.4. The zero-order valence-corrected chi connectivity index (χ0v) is 8.38. The lowest BCUT2D eigenvalue weighted by atomic mass is 10.3. The van der Waals surface area contributed by atoms with Crippen molar-refractivity contribution >= 4 is 12.0 Å². The number of rotatable bonds is 3. The van der Waals surface area contributed by atoms with Crippen LogP contribution in [0.4, 0.5) is 4.79 Å². The summed E-state index contributed by atoms with van der Waals surface area (Å²) >= 11 is 0. The Morgan fingerprint density at radius 2 is 1.69 bits per heavy atom. The SMILES string of the molecule is COC(=O)[C@H](C)NC(=O)NC(C)C. The Kier molecular flexibility index (Phi) is 4.87. The number of hydrogen-bond donors (Lipinski definition) is 2. The van der Waals surface area contributed by atoms with Gasteiger partial charge in [-0.05, 0) is 20.8 Å². The van der Waals surface area contributed by atoms with Crippen LogP contribution in [-0.4, -0.2) is 31.2 Å². The predicted octanol–water partition coefficient (Wildman–Crippen LogP) is 0.255. The van der Waals surface area contributed by atoms with Crippen LogP contribution < -0.4 is 10.6 Å². The van der Waals surface area contributed by atoms with E-state index in [1.54, 1.807) is 6.92 Å². The zero-order valence-electron chi connectivity index (χ0n) is 8.38. The molecule has 0 saturated carbocycles. The van der Waals surface area contributed by atoms with Gasteiger partial charge in [0.15, 0.2) is 0 Å². The molecular weight excluding hydrogens is 172 g/mol. The van der Waals surface area contributed by atoms with Gasteiger partial charge in [-0.2, -0.15) is 0 Å². The van der Waals surface area contributed by atoms with Crippen molar-refractivity contribution in [1.82, 2.24) is 10.6 Å². The number of amides is 2. The van der Waals surface area contributed by atoms with Gasteiger partial charge >= 0.3 is 12.0 Å². The number of nitrogens with one attached hydrogen (secondary N) is 2. The molecule has 0 fully saturated rings. The van der Waals surface area contributed by atoms with E-state index < -0.39 is 12.0 Å². The smallest absolute Gasteiger partial charge is 0.328 e. The van der Waals surface area contributed by atoms with E-state index >= 15 is 0 Å². The van der Waals surface area contributed by atoms with Gasteiger partial charge in [0.2, 0.25) is 0 Å². The second-order valence-corrected chi connectivity index (χ2v) is 3.02. The summed E-state index contributed by atoms with van der Waals surface area (Å²) in [5.41, 5.74) is 0. The first-order valence-electron chi connectivity index (χ1n) is 4.12. The minimum absolute atomic E-state index is 0.0462. The van der Waals surface area contributed by atoms with Gasteiger partial charge in [0, 0.05) is 6.04 Å². The molecule has 0 aromatic carbocycles. The molecule has 0 saturated heterocycles. The average Bonchev–Trinajstić information content (AvgIpc) is 2.01. The third kappa shape index (κ3) is 5.05. The van der Waals surface area contributed by atoms with Gasteiger partial charge in [0.1, 0.15) is 6.04 Å². The standard InChI is InChI=1S/C8H16N2O3/c1-5(2)9-8(12)10-6(3)7(11)13-4/h5-6H,1-4H3,(H2,9,10,12)/t6-/m0/s1. The Morgan fingerprint density at radius 1 is 1.15 bits per heavy atom. The quantitative estimate of drug-likeness (QED) is 0.624. The molecule has 2 N–H and O–H groups in total. The summed E-state index contributed by atoms with van der Waals surface area (Å²) in [4.78, 5) is 21.9. The fourth-order valence-electron chi connectivity index (χ4n) is 0.736. The van der Waals surface area contributed by atoms with Crippen LogP contribution in [0.5, 0.6) is 0 Å². The number of carbonyl (C=O) groups is 2. The lowest BCUT2D eigenvalue weighted by Gasteiger charge is -2.13. The maximum absolute atomic E-state index is 11.1. The maximum Gasteiger partial charge on any atom is 0.328 e. The minimum atomic E-state index is -0.622. The summed E-state index contributed by atoms with van der Waals surface area (Å²) in [5, 5.41) is 5.03. The Morgan fingerprint density at radius 3 is 2.08 bits per heavy atom. The topological polar surface area (TPSA) is 67.4 Å². The van der Waals surface area contributed by atoms with Crippen molar-refractivity contribution in [2.75, 3.05) is 7.11 Å². The molecule has 13 heavy (non-hydrogen) atoms. The molecule has 0 aliphatic heterocycles. The second kappa shape index (κ2) is 5.40. The molecule has 0 bridgehead atoms.